The van der Waals surface area contributed by atoms with E-state index in [1.54, 1.807) is 29.9 Å². The molecule has 1 aromatic carbocycles. The van der Waals surface area contributed by atoms with Gasteiger partial charge in [0.25, 0.3) is 0 Å². The Labute approximate surface area is 121 Å². The normalized spacial score (nSPS) is 15.2. The van der Waals surface area contributed by atoms with Crippen molar-refractivity contribution in [2.75, 3.05) is 13.2 Å². The van der Waals surface area contributed by atoms with Gasteiger partial charge in [0.05, 0.1) is 5.69 Å². The number of aliphatic hydroxyl groups excluding tert-OH is 1. The first-order chi connectivity index (χ1) is 9.58. The Morgan fingerprint density at radius 3 is 2.65 bits per heavy atom. The third kappa shape index (κ3) is 2.13. The van der Waals surface area contributed by atoms with Crippen molar-refractivity contribution in [3.05, 3.63) is 40.2 Å². The smallest absolute Gasteiger partial charge is 0.161 e. The molecule has 20 heavy (non-hydrogen) atoms. The Bertz CT molecular complexity index is 654. The second-order valence-electron chi connectivity index (χ2n) is 4.72. The van der Waals surface area contributed by atoms with Crippen LogP contribution >= 0.6 is 11.6 Å². The summed E-state index contributed by atoms with van der Waals surface area (Å²) in [5.41, 5.74) is 2.03. The number of benzene rings is 1. The molecular formula is C14H15ClN2O3. The Morgan fingerprint density at radius 1 is 1.30 bits per heavy atom. The fourth-order valence-electron chi connectivity index (χ4n) is 2.35. The van der Waals surface area contributed by atoms with Gasteiger partial charge in [0.15, 0.2) is 11.5 Å². The van der Waals surface area contributed by atoms with E-state index in [2.05, 4.69) is 5.10 Å². The summed E-state index contributed by atoms with van der Waals surface area (Å²) in [6, 6.07) is 5.38. The standard InChI is InChI=1S/C14H15ClN2O3/c1-8-12(14(15)17(2)16-8)13(18)9-3-4-10-11(7-9)20-6-5-19-10/h3-4,7,13,18H,5-6H2,1-2H3. The molecular weight excluding hydrogens is 280 g/mol. The van der Waals surface area contributed by atoms with Crippen LogP contribution in [0.5, 0.6) is 11.5 Å². The number of hydrogen-bond donors (Lipinski definition) is 1. The summed E-state index contributed by atoms with van der Waals surface area (Å²) in [6.45, 7) is 2.88. The van der Waals surface area contributed by atoms with E-state index >= 15 is 0 Å². The summed E-state index contributed by atoms with van der Waals surface area (Å²) in [7, 11) is 1.75. The van der Waals surface area contributed by atoms with Crippen molar-refractivity contribution in [1.82, 2.24) is 9.78 Å². The van der Waals surface area contributed by atoms with E-state index in [1.165, 1.54) is 0 Å². The zero-order valence-corrected chi connectivity index (χ0v) is 12.0. The molecule has 0 saturated heterocycles. The Hall–Kier alpha value is -1.72. The molecule has 0 amide bonds. The lowest BCUT2D eigenvalue weighted by atomic mass is 10.0. The molecule has 106 valence electrons. The molecule has 5 nitrogen and oxygen atoms in total. The second kappa shape index (κ2) is 5.00. The maximum Gasteiger partial charge on any atom is 0.161 e. The lowest BCUT2D eigenvalue weighted by Crippen LogP contribution is -2.15. The van der Waals surface area contributed by atoms with E-state index in [4.69, 9.17) is 21.1 Å². The molecule has 1 unspecified atom stereocenters. The van der Waals surface area contributed by atoms with Crippen LogP contribution < -0.4 is 9.47 Å². The Morgan fingerprint density at radius 2 is 2.00 bits per heavy atom. The highest BCUT2D eigenvalue weighted by Gasteiger charge is 2.23. The Kier molecular flexibility index (Phi) is 3.31. The van der Waals surface area contributed by atoms with Crippen LogP contribution in [0.4, 0.5) is 0 Å². The monoisotopic (exact) mass is 294 g/mol. The highest BCUT2D eigenvalue weighted by Crippen LogP contribution is 2.36. The topological polar surface area (TPSA) is 56.5 Å². The van der Waals surface area contributed by atoms with Crippen molar-refractivity contribution >= 4 is 11.6 Å². The summed E-state index contributed by atoms with van der Waals surface area (Å²) in [4.78, 5) is 0. The van der Waals surface area contributed by atoms with Crippen molar-refractivity contribution < 1.29 is 14.6 Å². The van der Waals surface area contributed by atoms with E-state index < -0.39 is 6.10 Å². The SMILES string of the molecule is Cc1nn(C)c(Cl)c1C(O)c1ccc2c(c1)OCCO2. The van der Waals surface area contributed by atoms with Gasteiger partial charge in [0.2, 0.25) is 0 Å². The molecule has 0 bridgehead atoms. The van der Waals surface area contributed by atoms with Gasteiger partial charge in [-0.25, -0.2) is 0 Å². The summed E-state index contributed by atoms with van der Waals surface area (Å²) in [6.07, 6.45) is -0.841. The van der Waals surface area contributed by atoms with Crippen molar-refractivity contribution in [3.63, 3.8) is 0 Å². The van der Waals surface area contributed by atoms with E-state index in [0.717, 1.165) is 0 Å². The van der Waals surface area contributed by atoms with Gasteiger partial charge in [-0.05, 0) is 24.6 Å². The zero-order valence-electron chi connectivity index (χ0n) is 11.3. The van der Waals surface area contributed by atoms with Gasteiger partial charge in [-0.1, -0.05) is 17.7 Å². The summed E-state index contributed by atoms with van der Waals surface area (Å²) in [5, 5.41) is 15.2. The number of aryl methyl sites for hydroxylation is 2. The summed E-state index contributed by atoms with van der Waals surface area (Å²) >= 11 is 6.19. The van der Waals surface area contributed by atoms with Crippen molar-refractivity contribution in [2.45, 2.75) is 13.0 Å². The predicted molar refractivity (Wildman–Crippen MR) is 74.4 cm³/mol. The lowest BCUT2D eigenvalue weighted by molar-refractivity contribution is 0.169. The molecule has 0 spiro atoms. The number of nitrogens with zero attached hydrogens (tertiary/aromatic N) is 2. The third-order valence-electron chi connectivity index (χ3n) is 3.35. The van der Waals surface area contributed by atoms with E-state index in [-0.39, 0.29) is 0 Å². The molecule has 6 heteroatoms. The third-order valence-corrected chi connectivity index (χ3v) is 3.80. The highest BCUT2D eigenvalue weighted by atomic mass is 35.5. The van der Waals surface area contributed by atoms with E-state index in [1.807, 2.05) is 6.92 Å². The van der Waals surface area contributed by atoms with Crippen LogP contribution in [-0.4, -0.2) is 28.1 Å². The minimum absolute atomic E-state index is 0.435. The molecule has 1 atom stereocenters. The molecule has 2 heterocycles. The van der Waals surface area contributed by atoms with Crippen molar-refractivity contribution in [2.24, 2.45) is 7.05 Å². The van der Waals surface area contributed by atoms with Crippen LogP contribution in [-0.2, 0) is 7.05 Å². The van der Waals surface area contributed by atoms with E-state index in [9.17, 15) is 5.11 Å². The van der Waals surface area contributed by atoms with Gasteiger partial charge in [-0.2, -0.15) is 5.10 Å². The minimum Gasteiger partial charge on any atom is -0.486 e. The van der Waals surface area contributed by atoms with Crippen LogP contribution in [0.1, 0.15) is 22.9 Å². The maximum atomic E-state index is 10.5. The second-order valence-corrected chi connectivity index (χ2v) is 5.08. The maximum absolute atomic E-state index is 10.5. The summed E-state index contributed by atoms with van der Waals surface area (Å²) < 4.78 is 12.5. The van der Waals surface area contributed by atoms with Crippen LogP contribution in [0.15, 0.2) is 18.2 Å². The largest absolute Gasteiger partial charge is 0.486 e. The molecule has 0 aliphatic carbocycles. The number of fused-ring (bicyclic) bond motifs is 1. The minimum atomic E-state index is -0.841. The lowest BCUT2D eigenvalue weighted by Gasteiger charge is -2.20. The first-order valence-corrected chi connectivity index (χ1v) is 6.72. The zero-order chi connectivity index (χ0) is 14.3. The Balaban J connectivity index is 2.00. The van der Waals surface area contributed by atoms with Crippen LogP contribution in [0.25, 0.3) is 0 Å². The van der Waals surface area contributed by atoms with Gasteiger partial charge >= 0.3 is 0 Å². The molecule has 0 radical (unpaired) electrons. The fraction of sp³-hybridized carbons (Fsp3) is 0.357. The van der Waals surface area contributed by atoms with Crippen LogP contribution in [0, 0.1) is 6.92 Å². The van der Waals surface area contributed by atoms with Crippen molar-refractivity contribution in [3.8, 4) is 11.5 Å². The van der Waals surface area contributed by atoms with Crippen LogP contribution in [0.3, 0.4) is 0 Å². The first kappa shape index (κ1) is 13.3. The van der Waals surface area contributed by atoms with Gasteiger partial charge in [-0.15, -0.1) is 0 Å². The molecule has 0 saturated carbocycles. The highest BCUT2D eigenvalue weighted by molar-refractivity contribution is 6.30. The van der Waals surface area contributed by atoms with Gasteiger partial charge in [-0.3, -0.25) is 4.68 Å². The van der Waals surface area contributed by atoms with Gasteiger partial charge in [0, 0.05) is 12.6 Å². The number of aromatic nitrogens is 2. The van der Waals surface area contributed by atoms with Crippen molar-refractivity contribution in [1.29, 1.82) is 0 Å². The quantitative estimate of drug-likeness (QED) is 0.923. The number of ether oxygens (including phenoxy) is 2. The van der Waals surface area contributed by atoms with E-state index in [0.29, 0.717) is 46.7 Å². The first-order valence-electron chi connectivity index (χ1n) is 6.34. The average Bonchev–Trinajstić information content (AvgIpc) is 2.71. The number of halogens is 1. The van der Waals surface area contributed by atoms with Gasteiger partial charge < -0.3 is 14.6 Å². The molecule has 3 rings (SSSR count). The molecule has 1 aliphatic rings. The predicted octanol–water partition coefficient (Wildman–Crippen LogP) is 2.23. The fourth-order valence-corrected chi connectivity index (χ4v) is 2.63. The molecule has 1 N–H and O–H groups in total. The molecule has 1 aliphatic heterocycles. The van der Waals surface area contributed by atoms with Gasteiger partial charge in [0.1, 0.15) is 24.5 Å². The van der Waals surface area contributed by atoms with Crippen LogP contribution in [0.2, 0.25) is 5.15 Å². The average molecular weight is 295 g/mol. The molecule has 1 aromatic heterocycles. The summed E-state index contributed by atoms with van der Waals surface area (Å²) in [5.74, 6) is 1.34. The molecule has 0 fully saturated rings. The number of aliphatic hydroxyl groups is 1. The molecule has 2 aromatic rings. The number of rotatable bonds is 2. The number of hydrogen-bond acceptors (Lipinski definition) is 4.